The zero-order valence-electron chi connectivity index (χ0n) is 23.3. The highest BCUT2D eigenvalue weighted by molar-refractivity contribution is 7.89. The third-order valence-corrected chi connectivity index (χ3v) is 7.97. The summed E-state index contributed by atoms with van der Waals surface area (Å²) in [5.74, 6) is -2.25. The lowest BCUT2D eigenvalue weighted by atomic mass is 10.0. The quantitative estimate of drug-likeness (QED) is 0.114. The molecule has 8 N–H and O–H groups in total. The van der Waals surface area contributed by atoms with Gasteiger partial charge in [-0.25, -0.2) is 13.1 Å². The Hall–Kier alpha value is -4.55. The van der Waals surface area contributed by atoms with E-state index in [0.717, 1.165) is 16.7 Å². The van der Waals surface area contributed by atoms with Crippen LogP contribution in [0, 0.1) is 5.41 Å². The summed E-state index contributed by atoms with van der Waals surface area (Å²) < 4.78 is 27.3. The third-order valence-electron chi connectivity index (χ3n) is 6.56. The summed E-state index contributed by atoms with van der Waals surface area (Å²) in [6, 6.07) is 21.5. The van der Waals surface area contributed by atoms with Crippen LogP contribution in [0.5, 0.6) is 0 Å². The predicted octanol–water partition coefficient (Wildman–Crippen LogP) is 1.55. The van der Waals surface area contributed by atoms with E-state index in [4.69, 9.17) is 16.9 Å². The zero-order valence-corrected chi connectivity index (χ0v) is 24.1. The number of hydrogen-bond acceptors (Lipinski definition) is 6. The molecule has 42 heavy (non-hydrogen) atoms. The lowest BCUT2D eigenvalue weighted by Crippen LogP contribution is -2.54. The fraction of sp³-hybridized carbons (Fsp3) is 0.267. The first-order chi connectivity index (χ1) is 20.0. The van der Waals surface area contributed by atoms with Crippen molar-refractivity contribution in [2.45, 2.75) is 44.8 Å². The Kier molecular flexibility index (Phi) is 11.3. The molecule has 3 aromatic carbocycles. The van der Waals surface area contributed by atoms with Gasteiger partial charge in [0.2, 0.25) is 27.7 Å². The van der Waals surface area contributed by atoms with Crippen molar-refractivity contribution >= 4 is 33.6 Å². The molecule has 0 bridgehead atoms. The largest absolute Gasteiger partial charge is 0.384 e. The van der Waals surface area contributed by atoms with Gasteiger partial charge in [0.1, 0.15) is 17.9 Å². The molecule has 0 fully saturated rings. The minimum absolute atomic E-state index is 0.0345. The summed E-state index contributed by atoms with van der Waals surface area (Å²) in [6.07, 6.45) is -0.208. The minimum atomic E-state index is -3.78. The molecule has 3 amide bonds. The van der Waals surface area contributed by atoms with E-state index < -0.39 is 39.8 Å². The van der Waals surface area contributed by atoms with Gasteiger partial charge in [-0.05, 0) is 42.0 Å². The molecular weight excluding hydrogens is 556 g/mol. The molecule has 2 unspecified atom stereocenters. The average Bonchev–Trinajstić information content (AvgIpc) is 2.98. The summed E-state index contributed by atoms with van der Waals surface area (Å²) in [5, 5.41) is 12.8. The Labute approximate surface area is 245 Å². The van der Waals surface area contributed by atoms with E-state index in [1.807, 2.05) is 54.6 Å². The van der Waals surface area contributed by atoms with E-state index in [9.17, 15) is 22.8 Å². The SMILES string of the molecule is CCS(=O)(=O)NC(Cc1ccc(-c2ccccc2)cc1)C(=O)NC(CCC(N)=O)C(=O)NCc1ccc(C(=N)N)cc1. The summed E-state index contributed by atoms with van der Waals surface area (Å²) in [6.45, 7) is 1.57. The van der Waals surface area contributed by atoms with E-state index in [-0.39, 0.29) is 37.4 Å². The van der Waals surface area contributed by atoms with E-state index in [2.05, 4.69) is 15.4 Å². The molecule has 3 aromatic rings. The number of rotatable bonds is 15. The van der Waals surface area contributed by atoms with Crippen molar-refractivity contribution < 1.29 is 22.8 Å². The summed E-state index contributed by atoms with van der Waals surface area (Å²) >= 11 is 0. The number of nitrogens with one attached hydrogen (secondary N) is 4. The predicted molar refractivity (Wildman–Crippen MR) is 162 cm³/mol. The van der Waals surface area contributed by atoms with Crippen molar-refractivity contribution in [1.82, 2.24) is 15.4 Å². The Morgan fingerprint density at radius 3 is 1.98 bits per heavy atom. The van der Waals surface area contributed by atoms with E-state index in [1.165, 1.54) is 6.92 Å². The smallest absolute Gasteiger partial charge is 0.242 e. The van der Waals surface area contributed by atoms with Crippen LogP contribution in [0.3, 0.4) is 0 Å². The molecule has 222 valence electrons. The Morgan fingerprint density at radius 2 is 1.40 bits per heavy atom. The van der Waals surface area contributed by atoms with Gasteiger partial charge in [0.25, 0.3) is 0 Å². The highest BCUT2D eigenvalue weighted by Crippen LogP contribution is 2.20. The van der Waals surface area contributed by atoms with E-state index in [0.29, 0.717) is 11.1 Å². The molecule has 0 aliphatic carbocycles. The maximum atomic E-state index is 13.4. The van der Waals surface area contributed by atoms with Crippen molar-refractivity contribution in [3.63, 3.8) is 0 Å². The van der Waals surface area contributed by atoms with Gasteiger partial charge in [-0.2, -0.15) is 0 Å². The van der Waals surface area contributed by atoms with Crippen LogP contribution in [-0.4, -0.2) is 49.8 Å². The Bertz CT molecular complexity index is 1490. The molecular formula is C30H36N6O5S. The molecule has 0 aliphatic heterocycles. The highest BCUT2D eigenvalue weighted by atomic mass is 32.2. The zero-order chi connectivity index (χ0) is 30.7. The van der Waals surface area contributed by atoms with Gasteiger partial charge in [-0.1, -0.05) is 78.9 Å². The number of carbonyl (C=O) groups excluding carboxylic acids is 3. The molecule has 0 heterocycles. The normalized spacial score (nSPS) is 12.6. The molecule has 0 spiro atoms. The van der Waals surface area contributed by atoms with Gasteiger partial charge in [0, 0.05) is 18.5 Å². The lowest BCUT2D eigenvalue weighted by molar-refractivity contribution is -0.130. The molecule has 2 atom stereocenters. The number of nitrogen functional groups attached to an aromatic ring is 1. The van der Waals surface area contributed by atoms with Crippen LogP contribution >= 0.6 is 0 Å². The van der Waals surface area contributed by atoms with Crippen molar-refractivity contribution in [3.8, 4) is 11.1 Å². The van der Waals surface area contributed by atoms with Crippen LogP contribution in [0.2, 0.25) is 0 Å². The number of sulfonamides is 1. The standard InChI is InChI=1S/C30H36N6O5S/c1-2-42(40,41)36-26(18-20-8-12-23(13-9-20)22-6-4-3-5-7-22)30(39)35-25(16-17-27(31)37)29(38)34-19-21-10-14-24(15-11-21)28(32)33/h3-15,25-26,36H,2,16-19H2,1H3,(H2,31,37)(H3,32,33)(H,34,38)(H,35,39). The maximum Gasteiger partial charge on any atom is 0.242 e. The van der Waals surface area contributed by atoms with Crippen LogP contribution in [0.1, 0.15) is 36.5 Å². The minimum Gasteiger partial charge on any atom is -0.384 e. The molecule has 0 radical (unpaired) electrons. The maximum absolute atomic E-state index is 13.4. The van der Waals surface area contributed by atoms with Crippen LogP contribution in [0.25, 0.3) is 11.1 Å². The van der Waals surface area contributed by atoms with Crippen LogP contribution < -0.4 is 26.8 Å². The number of nitrogens with two attached hydrogens (primary N) is 2. The van der Waals surface area contributed by atoms with Crippen molar-refractivity contribution in [3.05, 3.63) is 95.6 Å². The molecule has 3 rings (SSSR count). The van der Waals surface area contributed by atoms with Gasteiger partial charge in [0.15, 0.2) is 0 Å². The molecule has 12 heteroatoms. The van der Waals surface area contributed by atoms with Crippen molar-refractivity contribution in [1.29, 1.82) is 5.41 Å². The van der Waals surface area contributed by atoms with Crippen LogP contribution in [0.15, 0.2) is 78.9 Å². The van der Waals surface area contributed by atoms with Crippen molar-refractivity contribution in [2.24, 2.45) is 11.5 Å². The highest BCUT2D eigenvalue weighted by Gasteiger charge is 2.28. The first kappa shape index (κ1) is 32.0. The monoisotopic (exact) mass is 592 g/mol. The van der Waals surface area contributed by atoms with Crippen molar-refractivity contribution in [2.75, 3.05) is 5.75 Å². The van der Waals surface area contributed by atoms with Gasteiger partial charge < -0.3 is 22.1 Å². The van der Waals surface area contributed by atoms with Gasteiger partial charge in [-0.15, -0.1) is 0 Å². The second-order valence-corrected chi connectivity index (χ2v) is 11.8. The Balaban J connectivity index is 1.75. The number of amides is 3. The fourth-order valence-electron chi connectivity index (χ4n) is 4.13. The number of benzene rings is 3. The summed E-state index contributed by atoms with van der Waals surface area (Å²) in [5.41, 5.74) is 14.7. The number of amidine groups is 1. The molecule has 0 aromatic heterocycles. The summed E-state index contributed by atoms with van der Waals surface area (Å²) in [7, 11) is -3.78. The second-order valence-electron chi connectivity index (χ2n) is 9.74. The molecule has 0 saturated heterocycles. The van der Waals surface area contributed by atoms with Crippen LogP contribution in [0.4, 0.5) is 0 Å². The van der Waals surface area contributed by atoms with Gasteiger partial charge in [0.05, 0.1) is 5.75 Å². The molecule has 11 nitrogen and oxygen atoms in total. The number of hydrogen-bond donors (Lipinski definition) is 6. The third kappa shape index (κ3) is 9.82. The lowest BCUT2D eigenvalue weighted by Gasteiger charge is -2.23. The van der Waals surface area contributed by atoms with Gasteiger partial charge in [-0.3, -0.25) is 19.8 Å². The number of primary amides is 1. The second kappa shape index (κ2) is 14.9. The van der Waals surface area contributed by atoms with E-state index >= 15 is 0 Å². The average molecular weight is 593 g/mol. The van der Waals surface area contributed by atoms with Crippen LogP contribution in [-0.2, 0) is 37.4 Å². The topological polar surface area (TPSA) is 197 Å². The van der Waals surface area contributed by atoms with Gasteiger partial charge >= 0.3 is 0 Å². The summed E-state index contributed by atoms with van der Waals surface area (Å²) in [4.78, 5) is 37.9. The first-order valence-corrected chi connectivity index (χ1v) is 15.1. The molecule has 0 aliphatic rings. The molecule has 0 saturated carbocycles. The fourth-order valence-corrected chi connectivity index (χ4v) is 4.92. The van der Waals surface area contributed by atoms with E-state index in [1.54, 1.807) is 24.3 Å². The first-order valence-electron chi connectivity index (χ1n) is 13.4. The Morgan fingerprint density at radius 1 is 0.810 bits per heavy atom. The number of carbonyl (C=O) groups is 3.